The van der Waals surface area contributed by atoms with Gasteiger partial charge in [-0.3, -0.25) is 13.8 Å². The van der Waals surface area contributed by atoms with Gasteiger partial charge in [0.15, 0.2) is 5.75 Å². The lowest BCUT2D eigenvalue weighted by Crippen LogP contribution is -2.49. The Morgan fingerprint density at radius 1 is 0.505 bits per heavy atom. The lowest BCUT2D eigenvalue weighted by molar-refractivity contribution is -0.124. The summed E-state index contributed by atoms with van der Waals surface area (Å²) in [6, 6.07) is 0. The van der Waals surface area contributed by atoms with Crippen LogP contribution in [0.15, 0.2) is 112 Å². The highest BCUT2D eigenvalue weighted by Crippen LogP contribution is 2.42. The summed E-state index contributed by atoms with van der Waals surface area (Å²) in [5.41, 5.74) is 4.33. The zero-order chi connectivity index (χ0) is 68.7. The molecule has 0 spiro atoms. The minimum Gasteiger partial charge on any atom is -0.489 e. The van der Waals surface area contributed by atoms with Crippen molar-refractivity contribution in [3.63, 3.8) is 0 Å². The van der Waals surface area contributed by atoms with Crippen LogP contribution in [0, 0.1) is 0 Å². The van der Waals surface area contributed by atoms with Crippen molar-refractivity contribution in [2.45, 2.75) is 159 Å². The van der Waals surface area contributed by atoms with Gasteiger partial charge >= 0.3 is 0 Å². The topological polar surface area (TPSA) is 391 Å². The normalized spacial score (nSPS) is 22.5. The van der Waals surface area contributed by atoms with Crippen LogP contribution < -0.4 is 14.2 Å². The third-order valence-electron chi connectivity index (χ3n) is 15.7. The van der Waals surface area contributed by atoms with Gasteiger partial charge in [-0.05, 0) is 27.7 Å². The van der Waals surface area contributed by atoms with Gasteiger partial charge in [0.2, 0.25) is 26.0 Å². The third-order valence-corrected chi connectivity index (χ3v) is 25.4. The van der Waals surface area contributed by atoms with E-state index >= 15 is 0 Å². The fourth-order valence-electron chi connectivity index (χ4n) is 10.5. The smallest absolute Gasteiger partial charge is 0.268 e. The van der Waals surface area contributed by atoms with Crippen LogP contribution in [0.4, 0.5) is 0 Å². The van der Waals surface area contributed by atoms with E-state index in [4.69, 9.17) is 4.74 Å². The molecule has 93 heavy (non-hydrogen) atoms. The standard InChI is InChI=1S/C9H13N3O2S.C9H13N3OS.2C8H9N3O3S.C8H10N2OS.C8H10N2O.C8H10N2S/c1-9(2)5-12(3)15(13,14)7-4-10-6-11-8(7)9;1-9(2)5-12(3)14(13)7-4-10-6-11-8(7)9;1-8(2)6-5(3-9-4-10-6)15(13,14)11-7(8)12;1-8(2)6-5(3-9-4-10-6)7(12)11-15(8,13)14;1-8(2)4-12(11)6-3-9-5-10-7(6)8;2*1-8(2)4-11-6-3-9-5-10-7(6)8/h4,6H,5H2,1-3H3;4,6H,5H2,1-3H3;2*3-4H,1-2H3,(H,11,12);3,5H,4H2,1-2H3;2*3,5H,4H2,1-2H3. The lowest BCUT2D eigenvalue weighted by atomic mass is 9.88. The monoisotopic (exact) mass is 1390 g/mol. The molecule has 0 aromatic carbocycles. The minimum absolute atomic E-state index is 0.0328. The first kappa shape index (κ1) is 71.6. The Morgan fingerprint density at radius 3 is 1.58 bits per heavy atom. The SMILES string of the molecule is CC1(C)C(=O)NS(=O)(=O)c2cncnc21.CC1(C)COc2cncnc21.CC1(C)CS(=O)c2cncnc21.CC1(C)CSc2cncnc21.CC1(C)c2ncncc2C(=O)NS1(=O)=O.CN1CC(C)(C)c2ncncc2S1(=O)=O.CN1CC(C)(C)c2ncncc2S1=O. The molecule has 35 heteroatoms. The molecular weight excluding hydrogens is 1320 g/mol. The van der Waals surface area contributed by atoms with Crippen LogP contribution in [0.1, 0.15) is 147 Å². The molecule has 0 saturated heterocycles. The molecule has 2 amide bonds. The van der Waals surface area contributed by atoms with E-state index in [0.717, 1.165) is 44.9 Å². The highest BCUT2D eigenvalue weighted by molar-refractivity contribution is 7.99. The maximum Gasteiger partial charge on any atom is 0.268 e. The van der Waals surface area contributed by atoms with Crippen molar-refractivity contribution in [1.82, 2.24) is 87.8 Å². The molecule has 2 N–H and O–H groups in total. The Labute approximate surface area is 550 Å². The summed E-state index contributed by atoms with van der Waals surface area (Å²) in [7, 11) is -9.44. The van der Waals surface area contributed by atoms with E-state index in [9.17, 15) is 43.3 Å². The van der Waals surface area contributed by atoms with E-state index in [1.807, 2.05) is 52.6 Å². The number of sulfonamides is 3. The average molecular weight is 1390 g/mol. The summed E-state index contributed by atoms with van der Waals surface area (Å²) < 4.78 is 105. The zero-order valence-corrected chi connectivity index (χ0v) is 59.1. The second-order valence-electron chi connectivity index (χ2n) is 26.5. The van der Waals surface area contributed by atoms with Crippen molar-refractivity contribution in [2.75, 3.05) is 45.3 Å². The molecule has 498 valence electrons. The van der Waals surface area contributed by atoms with Crippen molar-refractivity contribution in [3.05, 3.63) is 133 Å². The molecule has 7 aliphatic rings. The summed E-state index contributed by atoms with van der Waals surface area (Å²) >= 11 is 1.85. The van der Waals surface area contributed by atoms with E-state index in [0.29, 0.717) is 24.6 Å². The predicted octanol–water partition coefficient (Wildman–Crippen LogP) is 4.35. The minimum atomic E-state index is -3.79. The van der Waals surface area contributed by atoms with Crippen LogP contribution >= 0.6 is 11.8 Å². The number of aromatic nitrogens is 14. The van der Waals surface area contributed by atoms with Crippen molar-refractivity contribution in [2.24, 2.45) is 0 Å². The van der Waals surface area contributed by atoms with Crippen molar-refractivity contribution < 1.29 is 48.0 Å². The average Bonchev–Trinajstić information content (AvgIpc) is 1.75. The summed E-state index contributed by atoms with van der Waals surface area (Å²) in [5, 5.41) is 0. The van der Waals surface area contributed by atoms with Gasteiger partial charge < -0.3 is 4.74 Å². The maximum atomic E-state index is 11.9. The Bertz CT molecular complexity index is 4360. The zero-order valence-electron chi connectivity index (χ0n) is 54.2. The third kappa shape index (κ3) is 14.8. The molecule has 14 rings (SSSR count). The van der Waals surface area contributed by atoms with E-state index in [-0.39, 0.29) is 53.8 Å². The summed E-state index contributed by atoms with van der Waals surface area (Å²) in [6.07, 6.45) is 20.9. The van der Waals surface area contributed by atoms with E-state index in [1.54, 1.807) is 52.1 Å². The molecule has 7 aromatic heterocycles. The number of amides is 2. The molecule has 0 fully saturated rings. The number of carbonyl (C=O) groups excluding carboxylic acids is 2. The fourth-order valence-corrected chi connectivity index (χ4v) is 18.8. The molecule has 2 atom stereocenters. The molecule has 2 unspecified atom stereocenters. The van der Waals surface area contributed by atoms with Gasteiger partial charge in [-0.15, -0.1) is 11.8 Å². The van der Waals surface area contributed by atoms with Crippen LogP contribution in [0.2, 0.25) is 0 Å². The van der Waals surface area contributed by atoms with E-state index < -0.39 is 73.8 Å². The Kier molecular flexibility index (Phi) is 20.4. The van der Waals surface area contributed by atoms with Gasteiger partial charge in [0, 0.05) is 95.4 Å². The summed E-state index contributed by atoms with van der Waals surface area (Å²) in [6.45, 7) is 29.1. The Hall–Kier alpha value is -7.28. The Balaban J connectivity index is 0.000000140. The number of likely N-dealkylation sites (N-methyl/N-ethyl adjacent to an activating group) is 2. The van der Waals surface area contributed by atoms with E-state index in [2.05, 4.69) is 125 Å². The van der Waals surface area contributed by atoms with Gasteiger partial charge in [-0.2, -0.15) is 4.31 Å². The molecule has 0 bridgehead atoms. The quantitative estimate of drug-likeness (QED) is 0.213. The van der Waals surface area contributed by atoms with Crippen LogP contribution in [0.3, 0.4) is 0 Å². The van der Waals surface area contributed by atoms with E-state index in [1.165, 1.54) is 79.0 Å². The molecular formula is C58H74N18O11S6. The second kappa shape index (κ2) is 26.5. The predicted molar refractivity (Wildman–Crippen MR) is 343 cm³/mol. The number of nitrogens with zero attached hydrogens (tertiary/aromatic N) is 16. The first-order valence-corrected chi connectivity index (χ1v) is 36.4. The van der Waals surface area contributed by atoms with Gasteiger partial charge in [-0.25, -0.2) is 113 Å². The molecule has 0 saturated carbocycles. The number of thioether (sulfide) groups is 1. The number of fused-ring (bicyclic) bond motifs is 7. The molecule has 0 radical (unpaired) electrons. The number of hydrogen-bond acceptors (Lipinski definition) is 26. The highest BCUT2D eigenvalue weighted by atomic mass is 32.2. The van der Waals surface area contributed by atoms with Crippen molar-refractivity contribution >= 4 is 75.4 Å². The molecule has 29 nitrogen and oxygen atoms in total. The number of hydrogen-bond donors (Lipinski definition) is 2. The molecule has 0 aliphatic carbocycles. The van der Waals surface area contributed by atoms with Crippen molar-refractivity contribution in [1.29, 1.82) is 0 Å². The summed E-state index contributed by atoms with van der Waals surface area (Å²) in [4.78, 5) is 81.4. The van der Waals surface area contributed by atoms with Gasteiger partial charge in [0.1, 0.15) is 69.8 Å². The fraction of sp³-hybridized carbons (Fsp3) is 0.483. The number of carbonyl (C=O) groups is 2. The van der Waals surface area contributed by atoms with Crippen LogP contribution in [-0.4, -0.2) is 169 Å². The number of nitrogens with one attached hydrogen (secondary N) is 2. The molecule has 7 aliphatic heterocycles. The Morgan fingerprint density at radius 2 is 0.989 bits per heavy atom. The van der Waals surface area contributed by atoms with Crippen LogP contribution in [-0.2, 0) is 93.9 Å². The van der Waals surface area contributed by atoms with Gasteiger partial charge in [0.25, 0.3) is 15.9 Å². The summed E-state index contributed by atoms with van der Waals surface area (Å²) in [5.74, 6) is 1.37. The molecule has 7 aromatic rings. The first-order valence-electron chi connectivity index (χ1n) is 28.6. The first-order chi connectivity index (χ1) is 43.1. The number of rotatable bonds is 0. The van der Waals surface area contributed by atoms with Crippen LogP contribution in [0.5, 0.6) is 5.75 Å². The van der Waals surface area contributed by atoms with Gasteiger partial charge in [0.05, 0.1) is 96.6 Å². The molecule has 14 heterocycles. The second-order valence-corrected chi connectivity index (χ2v) is 36.4. The van der Waals surface area contributed by atoms with Crippen LogP contribution in [0.25, 0.3) is 0 Å². The number of ether oxygens (including phenoxy) is 1. The largest absolute Gasteiger partial charge is 0.489 e. The van der Waals surface area contributed by atoms with Crippen molar-refractivity contribution in [3.8, 4) is 5.75 Å². The van der Waals surface area contributed by atoms with Gasteiger partial charge in [-0.1, -0.05) is 69.2 Å². The maximum absolute atomic E-state index is 11.9. The highest BCUT2D eigenvalue weighted by Gasteiger charge is 2.47. The lowest BCUT2D eigenvalue weighted by Gasteiger charge is -2.35.